The second-order valence-electron chi connectivity index (χ2n) is 4.93. The summed E-state index contributed by atoms with van der Waals surface area (Å²) in [6.07, 6.45) is -0.486. The molecule has 2 aromatic carbocycles. The summed E-state index contributed by atoms with van der Waals surface area (Å²) in [6, 6.07) is 13.5. The standard InChI is InChI=1S/C16H15ClN2O/c1-10(20)12-5-8-15-14(9-12)18-16(19(15)2)11-3-6-13(17)7-4-11/h3-10,20H,1-2H3. The summed E-state index contributed by atoms with van der Waals surface area (Å²) >= 11 is 5.92. The third-order valence-electron chi connectivity index (χ3n) is 3.49. The molecule has 0 aliphatic rings. The highest BCUT2D eigenvalue weighted by atomic mass is 35.5. The number of hydrogen-bond acceptors (Lipinski definition) is 2. The molecule has 3 rings (SSSR count). The van der Waals surface area contributed by atoms with E-state index in [-0.39, 0.29) is 0 Å². The number of imidazole rings is 1. The zero-order valence-electron chi connectivity index (χ0n) is 11.3. The van der Waals surface area contributed by atoms with Crippen molar-refractivity contribution in [1.82, 2.24) is 9.55 Å². The van der Waals surface area contributed by atoms with Crippen molar-refractivity contribution < 1.29 is 5.11 Å². The van der Waals surface area contributed by atoms with Gasteiger partial charge in [-0.3, -0.25) is 0 Å². The van der Waals surface area contributed by atoms with Gasteiger partial charge in [0, 0.05) is 17.6 Å². The lowest BCUT2D eigenvalue weighted by Gasteiger charge is -2.04. The molecule has 1 atom stereocenters. The third kappa shape index (κ3) is 2.19. The van der Waals surface area contributed by atoms with Crippen molar-refractivity contribution in [1.29, 1.82) is 0 Å². The smallest absolute Gasteiger partial charge is 0.140 e. The van der Waals surface area contributed by atoms with Crippen LogP contribution in [0.15, 0.2) is 42.5 Å². The SMILES string of the molecule is CC(O)c1ccc2c(c1)nc(-c1ccc(Cl)cc1)n2C. The van der Waals surface area contributed by atoms with E-state index in [1.54, 1.807) is 6.92 Å². The van der Waals surface area contributed by atoms with Gasteiger partial charge in [0.2, 0.25) is 0 Å². The molecule has 0 amide bonds. The monoisotopic (exact) mass is 286 g/mol. The highest BCUT2D eigenvalue weighted by Gasteiger charge is 2.11. The number of nitrogens with zero attached hydrogens (tertiary/aromatic N) is 2. The number of aliphatic hydroxyl groups is 1. The largest absolute Gasteiger partial charge is 0.389 e. The van der Waals surface area contributed by atoms with Crippen molar-refractivity contribution in [2.45, 2.75) is 13.0 Å². The second kappa shape index (κ2) is 4.93. The van der Waals surface area contributed by atoms with E-state index in [4.69, 9.17) is 11.6 Å². The van der Waals surface area contributed by atoms with E-state index >= 15 is 0 Å². The molecule has 0 radical (unpaired) electrons. The number of aliphatic hydroxyl groups excluding tert-OH is 1. The number of hydrogen-bond donors (Lipinski definition) is 1. The summed E-state index contributed by atoms with van der Waals surface area (Å²) in [5, 5.41) is 10.4. The van der Waals surface area contributed by atoms with Gasteiger partial charge in [0.15, 0.2) is 0 Å². The Labute approximate surface area is 122 Å². The van der Waals surface area contributed by atoms with Gasteiger partial charge in [-0.1, -0.05) is 17.7 Å². The van der Waals surface area contributed by atoms with Crippen molar-refractivity contribution in [3.8, 4) is 11.4 Å². The summed E-state index contributed by atoms with van der Waals surface area (Å²) in [7, 11) is 1.99. The minimum Gasteiger partial charge on any atom is -0.389 e. The molecule has 0 saturated heterocycles. The average molecular weight is 287 g/mol. The van der Waals surface area contributed by atoms with Gasteiger partial charge in [-0.2, -0.15) is 0 Å². The Morgan fingerprint density at radius 2 is 1.85 bits per heavy atom. The zero-order valence-corrected chi connectivity index (χ0v) is 12.1. The molecule has 20 heavy (non-hydrogen) atoms. The summed E-state index contributed by atoms with van der Waals surface area (Å²) < 4.78 is 2.05. The molecule has 4 heteroatoms. The van der Waals surface area contributed by atoms with Crippen LogP contribution in [0.2, 0.25) is 5.02 Å². The Bertz CT molecular complexity index is 760. The van der Waals surface area contributed by atoms with Gasteiger partial charge in [0.1, 0.15) is 5.82 Å². The van der Waals surface area contributed by atoms with Crippen molar-refractivity contribution >= 4 is 22.6 Å². The Balaban J connectivity index is 2.17. The summed E-state index contributed by atoms with van der Waals surface area (Å²) in [4.78, 5) is 4.66. The zero-order chi connectivity index (χ0) is 14.3. The number of aromatic nitrogens is 2. The highest BCUT2D eigenvalue weighted by Crippen LogP contribution is 2.26. The Morgan fingerprint density at radius 3 is 2.50 bits per heavy atom. The second-order valence-corrected chi connectivity index (χ2v) is 5.36. The van der Waals surface area contributed by atoms with Crippen molar-refractivity contribution in [2.75, 3.05) is 0 Å². The molecule has 3 nitrogen and oxygen atoms in total. The molecule has 3 aromatic rings. The van der Waals surface area contributed by atoms with E-state index in [1.807, 2.05) is 54.1 Å². The number of benzene rings is 2. The molecule has 0 fully saturated rings. The Morgan fingerprint density at radius 1 is 1.15 bits per heavy atom. The van der Waals surface area contributed by atoms with Crippen LogP contribution in [0.4, 0.5) is 0 Å². The van der Waals surface area contributed by atoms with Crippen LogP contribution in [-0.2, 0) is 7.05 Å². The normalized spacial score (nSPS) is 12.8. The number of fused-ring (bicyclic) bond motifs is 1. The molecule has 1 heterocycles. The van der Waals surface area contributed by atoms with Gasteiger partial charge >= 0.3 is 0 Å². The molecule has 1 unspecified atom stereocenters. The Hall–Kier alpha value is -1.84. The first-order chi connectivity index (χ1) is 9.56. The van der Waals surface area contributed by atoms with Crippen molar-refractivity contribution in [3.05, 3.63) is 53.1 Å². The average Bonchev–Trinajstić information content (AvgIpc) is 2.76. The lowest BCUT2D eigenvalue weighted by molar-refractivity contribution is 0.199. The minimum absolute atomic E-state index is 0.486. The molecule has 102 valence electrons. The summed E-state index contributed by atoms with van der Waals surface area (Å²) in [5.41, 5.74) is 3.82. The van der Waals surface area contributed by atoms with Crippen LogP contribution < -0.4 is 0 Å². The topological polar surface area (TPSA) is 38.1 Å². The first-order valence-electron chi connectivity index (χ1n) is 6.46. The maximum atomic E-state index is 9.66. The lowest BCUT2D eigenvalue weighted by atomic mass is 10.1. The molecular formula is C16H15ClN2O. The lowest BCUT2D eigenvalue weighted by Crippen LogP contribution is -1.93. The quantitative estimate of drug-likeness (QED) is 0.775. The van der Waals surface area contributed by atoms with Crippen LogP contribution in [0, 0.1) is 0 Å². The first kappa shape index (κ1) is 13.2. The van der Waals surface area contributed by atoms with Crippen LogP contribution in [0.3, 0.4) is 0 Å². The number of aryl methyl sites for hydroxylation is 1. The summed E-state index contributed by atoms with van der Waals surface area (Å²) in [6.45, 7) is 1.75. The molecule has 0 spiro atoms. The van der Waals surface area contributed by atoms with E-state index in [0.717, 1.165) is 28.0 Å². The molecule has 0 aliphatic heterocycles. The fraction of sp³-hybridized carbons (Fsp3) is 0.188. The third-order valence-corrected chi connectivity index (χ3v) is 3.74. The first-order valence-corrected chi connectivity index (χ1v) is 6.84. The molecule has 0 saturated carbocycles. The molecule has 0 bridgehead atoms. The maximum absolute atomic E-state index is 9.66. The minimum atomic E-state index is -0.486. The highest BCUT2D eigenvalue weighted by molar-refractivity contribution is 6.30. The van der Waals surface area contributed by atoms with Crippen LogP contribution >= 0.6 is 11.6 Å². The van der Waals surface area contributed by atoms with Gasteiger partial charge in [0.05, 0.1) is 17.1 Å². The Kier molecular flexibility index (Phi) is 3.24. The molecule has 1 N–H and O–H groups in total. The van der Waals surface area contributed by atoms with E-state index < -0.39 is 6.10 Å². The molecular weight excluding hydrogens is 272 g/mol. The molecule has 1 aromatic heterocycles. The van der Waals surface area contributed by atoms with E-state index in [9.17, 15) is 5.11 Å². The van der Waals surface area contributed by atoms with Crippen LogP contribution in [0.5, 0.6) is 0 Å². The van der Waals surface area contributed by atoms with Crippen molar-refractivity contribution in [3.63, 3.8) is 0 Å². The van der Waals surface area contributed by atoms with Crippen molar-refractivity contribution in [2.24, 2.45) is 7.05 Å². The fourth-order valence-electron chi connectivity index (χ4n) is 2.33. The van der Waals surface area contributed by atoms with Gasteiger partial charge in [-0.25, -0.2) is 4.98 Å². The van der Waals surface area contributed by atoms with Crippen LogP contribution in [-0.4, -0.2) is 14.7 Å². The van der Waals surface area contributed by atoms with Crippen LogP contribution in [0.1, 0.15) is 18.6 Å². The number of halogens is 1. The predicted octanol–water partition coefficient (Wildman–Crippen LogP) is 3.95. The van der Waals surface area contributed by atoms with Gasteiger partial charge < -0.3 is 9.67 Å². The number of rotatable bonds is 2. The summed E-state index contributed by atoms with van der Waals surface area (Å²) in [5.74, 6) is 0.888. The van der Waals surface area contributed by atoms with Gasteiger partial charge in [-0.15, -0.1) is 0 Å². The molecule has 0 aliphatic carbocycles. The van der Waals surface area contributed by atoms with Crippen LogP contribution in [0.25, 0.3) is 22.4 Å². The van der Waals surface area contributed by atoms with E-state index in [0.29, 0.717) is 5.02 Å². The van der Waals surface area contributed by atoms with Gasteiger partial charge in [-0.05, 0) is 48.9 Å². The predicted molar refractivity (Wildman–Crippen MR) is 81.8 cm³/mol. The van der Waals surface area contributed by atoms with E-state index in [2.05, 4.69) is 4.98 Å². The van der Waals surface area contributed by atoms with E-state index in [1.165, 1.54) is 0 Å². The maximum Gasteiger partial charge on any atom is 0.140 e. The van der Waals surface area contributed by atoms with Gasteiger partial charge in [0.25, 0.3) is 0 Å². The fourth-order valence-corrected chi connectivity index (χ4v) is 2.46.